The first-order chi connectivity index (χ1) is 10.2. The van der Waals surface area contributed by atoms with Crippen LogP contribution >= 0.6 is 11.6 Å². The van der Waals surface area contributed by atoms with Gasteiger partial charge in [0.2, 0.25) is 0 Å². The van der Waals surface area contributed by atoms with Crippen LogP contribution in [-0.2, 0) is 0 Å². The van der Waals surface area contributed by atoms with Gasteiger partial charge >= 0.3 is 0 Å². The van der Waals surface area contributed by atoms with Crippen LogP contribution in [-0.4, -0.2) is 11.3 Å². The maximum absolute atomic E-state index is 10.8. The van der Waals surface area contributed by atoms with E-state index in [4.69, 9.17) is 16.3 Å². The van der Waals surface area contributed by atoms with Crippen LogP contribution in [0.2, 0.25) is 5.02 Å². The number of nitrogens with zero attached hydrogens (tertiary/aromatic N) is 1. The molecule has 1 aromatic heterocycles. The fourth-order valence-electron chi connectivity index (χ4n) is 2.09. The van der Waals surface area contributed by atoms with Gasteiger partial charge in [-0.3, -0.25) is 4.79 Å². The highest BCUT2D eigenvalue weighted by atomic mass is 35.5. The van der Waals surface area contributed by atoms with Gasteiger partial charge in [-0.2, -0.15) is 0 Å². The standard InChI is InChI=1S/C17H12ClNO2/c1-11-5-6-12-3-2-4-16(17(12)19-11)21-14-8-7-13(10-20)15(18)9-14/h2-10H,1H3. The summed E-state index contributed by atoms with van der Waals surface area (Å²) in [5, 5.41) is 1.38. The van der Waals surface area contributed by atoms with Crippen LogP contribution in [0.15, 0.2) is 48.5 Å². The van der Waals surface area contributed by atoms with E-state index in [1.54, 1.807) is 18.2 Å². The van der Waals surface area contributed by atoms with Crippen molar-refractivity contribution in [1.29, 1.82) is 0 Å². The molecule has 0 saturated carbocycles. The van der Waals surface area contributed by atoms with E-state index in [-0.39, 0.29) is 0 Å². The number of rotatable bonds is 3. The van der Waals surface area contributed by atoms with Crippen molar-refractivity contribution in [2.24, 2.45) is 0 Å². The number of fused-ring (bicyclic) bond motifs is 1. The van der Waals surface area contributed by atoms with Gasteiger partial charge in [0.15, 0.2) is 12.0 Å². The number of aryl methyl sites for hydroxylation is 1. The molecule has 3 aromatic rings. The average molecular weight is 298 g/mol. The normalized spacial score (nSPS) is 10.6. The quantitative estimate of drug-likeness (QED) is 0.652. The topological polar surface area (TPSA) is 39.2 Å². The second-order valence-electron chi connectivity index (χ2n) is 4.68. The third-order valence-corrected chi connectivity index (χ3v) is 3.48. The summed E-state index contributed by atoms with van der Waals surface area (Å²) in [4.78, 5) is 15.3. The van der Waals surface area contributed by atoms with E-state index in [2.05, 4.69) is 4.98 Å². The third-order valence-electron chi connectivity index (χ3n) is 3.15. The summed E-state index contributed by atoms with van der Waals surface area (Å²) < 4.78 is 5.86. The summed E-state index contributed by atoms with van der Waals surface area (Å²) in [5.41, 5.74) is 2.16. The molecule has 0 N–H and O–H groups in total. The first-order valence-electron chi connectivity index (χ1n) is 6.46. The Balaban J connectivity index is 2.03. The van der Waals surface area contributed by atoms with Crippen LogP contribution in [0.1, 0.15) is 16.1 Å². The molecule has 0 aliphatic rings. The highest BCUT2D eigenvalue weighted by Gasteiger charge is 2.07. The lowest BCUT2D eigenvalue weighted by molar-refractivity contribution is 0.112. The van der Waals surface area contributed by atoms with E-state index < -0.39 is 0 Å². The molecule has 104 valence electrons. The van der Waals surface area contributed by atoms with Gasteiger partial charge in [-0.25, -0.2) is 4.98 Å². The molecule has 4 heteroatoms. The van der Waals surface area contributed by atoms with Crippen molar-refractivity contribution in [3.8, 4) is 11.5 Å². The van der Waals surface area contributed by atoms with Gasteiger partial charge in [-0.1, -0.05) is 29.8 Å². The van der Waals surface area contributed by atoms with Crippen LogP contribution in [0.4, 0.5) is 0 Å². The Labute approximate surface area is 127 Å². The molecular weight excluding hydrogens is 286 g/mol. The molecular formula is C17H12ClNO2. The van der Waals surface area contributed by atoms with Crippen molar-refractivity contribution in [3.05, 3.63) is 64.8 Å². The zero-order valence-corrected chi connectivity index (χ0v) is 12.1. The van der Waals surface area contributed by atoms with E-state index in [0.29, 0.717) is 22.1 Å². The van der Waals surface area contributed by atoms with Crippen molar-refractivity contribution < 1.29 is 9.53 Å². The molecule has 21 heavy (non-hydrogen) atoms. The van der Waals surface area contributed by atoms with E-state index in [1.165, 1.54) is 0 Å². The molecule has 0 unspecified atom stereocenters. The van der Waals surface area contributed by atoms with Crippen molar-refractivity contribution in [2.75, 3.05) is 0 Å². The number of pyridine rings is 1. The Hall–Kier alpha value is -2.39. The summed E-state index contributed by atoms with van der Waals surface area (Å²) >= 11 is 6.01. The Bertz CT molecular complexity index is 830. The van der Waals surface area contributed by atoms with Crippen LogP contribution in [0.25, 0.3) is 10.9 Å². The lowest BCUT2D eigenvalue weighted by Gasteiger charge is -2.09. The molecule has 0 aliphatic heterocycles. The molecule has 0 spiro atoms. The zero-order valence-electron chi connectivity index (χ0n) is 11.3. The number of ether oxygens (including phenoxy) is 1. The minimum Gasteiger partial charge on any atom is -0.455 e. The van der Waals surface area contributed by atoms with E-state index in [0.717, 1.165) is 22.9 Å². The number of aldehydes is 1. The minimum absolute atomic E-state index is 0.367. The molecule has 1 heterocycles. The summed E-state index contributed by atoms with van der Waals surface area (Å²) in [6.45, 7) is 1.94. The summed E-state index contributed by atoms with van der Waals surface area (Å²) in [7, 11) is 0. The molecule has 3 nitrogen and oxygen atoms in total. The molecule has 0 saturated heterocycles. The number of carbonyl (C=O) groups excluding carboxylic acids is 1. The molecule has 0 fully saturated rings. The number of aromatic nitrogens is 1. The summed E-state index contributed by atoms with van der Waals surface area (Å²) in [5.74, 6) is 1.23. The first-order valence-corrected chi connectivity index (χ1v) is 6.84. The number of hydrogen-bond acceptors (Lipinski definition) is 3. The highest BCUT2D eigenvalue weighted by Crippen LogP contribution is 2.30. The van der Waals surface area contributed by atoms with Gasteiger partial charge in [-0.15, -0.1) is 0 Å². The second kappa shape index (κ2) is 5.54. The third kappa shape index (κ3) is 2.73. The first kappa shape index (κ1) is 13.6. The van der Waals surface area contributed by atoms with E-state index in [1.807, 2.05) is 37.3 Å². The smallest absolute Gasteiger partial charge is 0.153 e. The number of halogens is 1. The van der Waals surface area contributed by atoms with Gasteiger partial charge in [-0.05, 0) is 31.2 Å². The van der Waals surface area contributed by atoms with Crippen molar-refractivity contribution in [2.45, 2.75) is 6.92 Å². The van der Waals surface area contributed by atoms with Gasteiger partial charge in [0.05, 0.1) is 5.02 Å². The van der Waals surface area contributed by atoms with Gasteiger partial charge in [0, 0.05) is 22.7 Å². The van der Waals surface area contributed by atoms with E-state index >= 15 is 0 Å². The van der Waals surface area contributed by atoms with Crippen molar-refractivity contribution >= 4 is 28.8 Å². The van der Waals surface area contributed by atoms with Gasteiger partial charge in [0.25, 0.3) is 0 Å². The Morgan fingerprint density at radius 1 is 1.14 bits per heavy atom. The van der Waals surface area contributed by atoms with Gasteiger partial charge in [0.1, 0.15) is 11.3 Å². The van der Waals surface area contributed by atoms with Gasteiger partial charge < -0.3 is 4.74 Å². The average Bonchev–Trinajstić information content (AvgIpc) is 2.48. The Morgan fingerprint density at radius 2 is 2.00 bits per heavy atom. The number of para-hydroxylation sites is 1. The monoisotopic (exact) mass is 297 g/mol. The highest BCUT2D eigenvalue weighted by molar-refractivity contribution is 6.33. The summed E-state index contributed by atoms with van der Waals surface area (Å²) in [6, 6.07) is 14.7. The van der Waals surface area contributed by atoms with E-state index in [9.17, 15) is 4.79 Å². The SMILES string of the molecule is Cc1ccc2cccc(Oc3ccc(C=O)c(Cl)c3)c2n1. The molecule has 2 aromatic carbocycles. The minimum atomic E-state index is 0.367. The molecule has 0 amide bonds. The molecule has 0 bridgehead atoms. The number of carbonyl (C=O) groups is 1. The maximum atomic E-state index is 10.8. The van der Waals surface area contributed by atoms with Crippen LogP contribution in [0.3, 0.4) is 0 Å². The molecule has 0 radical (unpaired) electrons. The van der Waals surface area contributed by atoms with Crippen LogP contribution in [0, 0.1) is 6.92 Å². The summed E-state index contributed by atoms with van der Waals surface area (Å²) in [6.07, 6.45) is 0.717. The maximum Gasteiger partial charge on any atom is 0.153 e. The number of hydrogen-bond donors (Lipinski definition) is 0. The molecule has 0 aliphatic carbocycles. The fraction of sp³-hybridized carbons (Fsp3) is 0.0588. The predicted molar refractivity (Wildman–Crippen MR) is 83.4 cm³/mol. The largest absolute Gasteiger partial charge is 0.455 e. The second-order valence-corrected chi connectivity index (χ2v) is 5.09. The van der Waals surface area contributed by atoms with Crippen molar-refractivity contribution in [3.63, 3.8) is 0 Å². The lowest BCUT2D eigenvalue weighted by Crippen LogP contribution is -1.90. The zero-order chi connectivity index (χ0) is 14.8. The van der Waals surface area contributed by atoms with Crippen LogP contribution < -0.4 is 4.74 Å². The Kier molecular flexibility index (Phi) is 3.59. The van der Waals surface area contributed by atoms with Crippen LogP contribution in [0.5, 0.6) is 11.5 Å². The molecule has 0 atom stereocenters. The van der Waals surface area contributed by atoms with Crippen molar-refractivity contribution in [1.82, 2.24) is 4.98 Å². The molecule has 3 rings (SSSR count). The Morgan fingerprint density at radius 3 is 2.76 bits per heavy atom. The predicted octanol–water partition coefficient (Wildman–Crippen LogP) is 4.80. The lowest BCUT2D eigenvalue weighted by atomic mass is 10.2. The number of benzene rings is 2. The fourth-order valence-corrected chi connectivity index (χ4v) is 2.31.